The van der Waals surface area contributed by atoms with Gasteiger partial charge in [-0.2, -0.15) is 5.10 Å². The first kappa shape index (κ1) is 19.3. The second-order valence-corrected chi connectivity index (χ2v) is 6.66. The fraction of sp³-hybridized carbons (Fsp3) is 0.105. The number of para-hydroxylation sites is 3. The van der Waals surface area contributed by atoms with Crippen LogP contribution in [0.2, 0.25) is 0 Å². The Labute approximate surface area is 165 Å². The van der Waals surface area contributed by atoms with E-state index in [9.17, 15) is 14.9 Å². The van der Waals surface area contributed by atoms with Crippen molar-refractivity contribution < 1.29 is 9.72 Å². The van der Waals surface area contributed by atoms with Crippen LogP contribution in [0.5, 0.6) is 0 Å². The SMILES string of the molecule is Cn1c(SCC(=O)N/N=C\C=C\c2ccccc2[N+](=O)[O-])nc2ccccc21. The van der Waals surface area contributed by atoms with Crippen molar-refractivity contribution in [1.29, 1.82) is 0 Å². The summed E-state index contributed by atoms with van der Waals surface area (Å²) in [5.74, 6) is -0.102. The number of imidazole rings is 1. The van der Waals surface area contributed by atoms with Crippen molar-refractivity contribution in [2.45, 2.75) is 5.16 Å². The van der Waals surface area contributed by atoms with E-state index >= 15 is 0 Å². The Bertz CT molecular complexity index is 1070. The number of rotatable bonds is 7. The molecule has 2 aromatic carbocycles. The van der Waals surface area contributed by atoms with Crippen molar-refractivity contribution in [2.24, 2.45) is 12.1 Å². The van der Waals surface area contributed by atoms with Gasteiger partial charge in [0, 0.05) is 19.3 Å². The lowest BCUT2D eigenvalue weighted by Crippen LogP contribution is -2.19. The molecule has 1 heterocycles. The molecule has 0 atom stereocenters. The summed E-state index contributed by atoms with van der Waals surface area (Å²) in [4.78, 5) is 26.9. The van der Waals surface area contributed by atoms with Gasteiger partial charge in [-0.1, -0.05) is 36.0 Å². The maximum atomic E-state index is 11.9. The quantitative estimate of drug-likeness (QED) is 0.286. The van der Waals surface area contributed by atoms with Crippen LogP contribution in [-0.2, 0) is 11.8 Å². The molecular formula is C19H17N5O3S. The van der Waals surface area contributed by atoms with Crippen molar-refractivity contribution in [2.75, 3.05) is 5.75 Å². The van der Waals surface area contributed by atoms with E-state index in [1.54, 1.807) is 24.3 Å². The van der Waals surface area contributed by atoms with Gasteiger partial charge in [0.2, 0.25) is 0 Å². The van der Waals surface area contributed by atoms with Gasteiger partial charge in [-0.05, 0) is 30.4 Å². The van der Waals surface area contributed by atoms with Gasteiger partial charge in [0.05, 0.1) is 27.3 Å². The fourth-order valence-electron chi connectivity index (χ4n) is 2.51. The highest BCUT2D eigenvalue weighted by molar-refractivity contribution is 7.99. The number of allylic oxidation sites excluding steroid dienone is 1. The zero-order chi connectivity index (χ0) is 19.9. The molecule has 9 heteroatoms. The standard InChI is InChI=1S/C19H17N5O3S/c1-23-17-11-5-3-9-15(17)21-19(23)28-13-18(25)22-20-12-6-8-14-7-2-4-10-16(14)24(26)27/h2-12H,13H2,1H3,(H,22,25)/b8-6+,20-12-. The average Bonchev–Trinajstić information content (AvgIpc) is 3.02. The number of hydrogen-bond donors (Lipinski definition) is 1. The number of nitrogens with one attached hydrogen (secondary N) is 1. The van der Waals surface area contributed by atoms with Gasteiger partial charge in [-0.25, -0.2) is 10.4 Å². The van der Waals surface area contributed by atoms with Crippen LogP contribution < -0.4 is 5.43 Å². The van der Waals surface area contributed by atoms with Gasteiger partial charge < -0.3 is 4.57 Å². The zero-order valence-corrected chi connectivity index (χ0v) is 15.8. The van der Waals surface area contributed by atoms with Crippen LogP contribution in [0.1, 0.15) is 5.56 Å². The molecule has 0 saturated heterocycles. The summed E-state index contributed by atoms with van der Waals surface area (Å²) >= 11 is 1.32. The normalized spacial score (nSPS) is 11.5. The van der Waals surface area contributed by atoms with Gasteiger partial charge in [-0.3, -0.25) is 14.9 Å². The Balaban J connectivity index is 1.51. The van der Waals surface area contributed by atoms with Gasteiger partial charge in [0.25, 0.3) is 11.6 Å². The van der Waals surface area contributed by atoms with E-state index in [2.05, 4.69) is 15.5 Å². The Morgan fingerprint density at radius 2 is 2.04 bits per heavy atom. The fourth-order valence-corrected chi connectivity index (χ4v) is 3.29. The molecule has 1 N–H and O–H groups in total. The molecule has 0 aliphatic rings. The smallest absolute Gasteiger partial charge is 0.276 e. The minimum Gasteiger partial charge on any atom is -0.322 e. The van der Waals surface area contributed by atoms with E-state index in [4.69, 9.17) is 0 Å². The summed E-state index contributed by atoms with van der Waals surface area (Å²) in [5.41, 5.74) is 4.77. The van der Waals surface area contributed by atoms with Crippen LogP contribution in [-0.4, -0.2) is 32.3 Å². The van der Waals surface area contributed by atoms with Crippen molar-refractivity contribution in [3.63, 3.8) is 0 Å². The number of aromatic nitrogens is 2. The molecule has 0 aliphatic carbocycles. The van der Waals surface area contributed by atoms with Crippen LogP contribution in [0.4, 0.5) is 5.69 Å². The van der Waals surface area contributed by atoms with Crippen molar-refractivity contribution in [3.8, 4) is 0 Å². The molecule has 0 fully saturated rings. The minimum atomic E-state index is -0.448. The first-order valence-corrected chi connectivity index (χ1v) is 9.31. The van der Waals surface area contributed by atoms with Crippen LogP contribution >= 0.6 is 11.8 Å². The molecule has 28 heavy (non-hydrogen) atoms. The Morgan fingerprint density at radius 1 is 1.29 bits per heavy atom. The van der Waals surface area contributed by atoms with Gasteiger partial charge in [-0.15, -0.1) is 0 Å². The van der Waals surface area contributed by atoms with Crippen molar-refractivity contribution in [1.82, 2.24) is 15.0 Å². The van der Waals surface area contributed by atoms with Crippen LogP contribution in [0, 0.1) is 10.1 Å². The number of amides is 1. The summed E-state index contributed by atoms with van der Waals surface area (Å²) in [6.45, 7) is 0. The number of benzene rings is 2. The van der Waals surface area contributed by atoms with E-state index in [0.29, 0.717) is 5.56 Å². The third-order valence-electron chi connectivity index (χ3n) is 3.84. The number of carbonyl (C=O) groups is 1. The molecule has 0 saturated carbocycles. The second kappa shape index (κ2) is 8.96. The highest BCUT2D eigenvalue weighted by atomic mass is 32.2. The molecule has 0 radical (unpaired) electrons. The molecule has 8 nitrogen and oxygen atoms in total. The number of carbonyl (C=O) groups excluding carboxylic acids is 1. The van der Waals surface area contributed by atoms with Crippen molar-refractivity contribution in [3.05, 3.63) is 70.3 Å². The lowest BCUT2D eigenvalue weighted by molar-refractivity contribution is -0.385. The Morgan fingerprint density at radius 3 is 2.82 bits per heavy atom. The van der Waals surface area contributed by atoms with E-state index in [1.165, 1.54) is 30.1 Å². The highest BCUT2D eigenvalue weighted by Crippen LogP contribution is 2.22. The Kier molecular flexibility index (Phi) is 6.18. The van der Waals surface area contributed by atoms with Crippen LogP contribution in [0.3, 0.4) is 0 Å². The number of nitro benzene ring substituents is 1. The summed E-state index contributed by atoms with van der Waals surface area (Å²) in [6.07, 6.45) is 4.46. The Hall–Kier alpha value is -3.46. The summed E-state index contributed by atoms with van der Waals surface area (Å²) in [5, 5.41) is 15.5. The molecule has 3 rings (SSSR count). The summed E-state index contributed by atoms with van der Waals surface area (Å²) < 4.78 is 1.94. The number of nitro groups is 1. The van der Waals surface area contributed by atoms with Gasteiger partial charge in [0.15, 0.2) is 5.16 Å². The number of thioether (sulfide) groups is 1. The highest BCUT2D eigenvalue weighted by Gasteiger charge is 2.10. The van der Waals surface area contributed by atoms with E-state index in [0.717, 1.165) is 16.2 Å². The predicted molar refractivity (Wildman–Crippen MR) is 110 cm³/mol. The third-order valence-corrected chi connectivity index (χ3v) is 4.87. The van der Waals surface area contributed by atoms with Crippen LogP contribution in [0.15, 0.2) is 64.9 Å². The topological polar surface area (TPSA) is 102 Å². The van der Waals surface area contributed by atoms with E-state index in [1.807, 2.05) is 35.9 Å². The molecule has 0 aliphatic heterocycles. The van der Waals surface area contributed by atoms with Gasteiger partial charge >= 0.3 is 0 Å². The monoisotopic (exact) mass is 395 g/mol. The lowest BCUT2D eigenvalue weighted by Gasteiger charge is -2.01. The first-order valence-electron chi connectivity index (χ1n) is 8.32. The maximum Gasteiger partial charge on any atom is 0.276 e. The number of aryl methyl sites for hydroxylation is 1. The second-order valence-electron chi connectivity index (χ2n) is 5.72. The first-order chi connectivity index (χ1) is 13.6. The van der Waals surface area contributed by atoms with Gasteiger partial charge in [0.1, 0.15) is 0 Å². The molecular weight excluding hydrogens is 378 g/mol. The third kappa shape index (κ3) is 4.63. The number of hydrazone groups is 1. The number of nitrogens with zero attached hydrogens (tertiary/aromatic N) is 4. The summed E-state index contributed by atoms with van der Waals surface area (Å²) in [7, 11) is 1.90. The number of hydrogen-bond acceptors (Lipinski definition) is 6. The molecule has 0 bridgehead atoms. The zero-order valence-electron chi connectivity index (χ0n) is 15.0. The van der Waals surface area contributed by atoms with Crippen molar-refractivity contribution >= 4 is 46.7 Å². The molecule has 3 aromatic rings. The molecule has 0 unspecified atom stereocenters. The van der Waals surface area contributed by atoms with E-state index < -0.39 is 4.92 Å². The lowest BCUT2D eigenvalue weighted by atomic mass is 10.2. The predicted octanol–water partition coefficient (Wildman–Crippen LogP) is 3.39. The van der Waals surface area contributed by atoms with Crippen LogP contribution in [0.25, 0.3) is 17.1 Å². The van der Waals surface area contributed by atoms with E-state index in [-0.39, 0.29) is 17.3 Å². The maximum absolute atomic E-state index is 11.9. The molecule has 142 valence electrons. The largest absolute Gasteiger partial charge is 0.322 e. The molecule has 1 aromatic heterocycles. The summed E-state index contributed by atoms with van der Waals surface area (Å²) in [6, 6.07) is 14.1. The minimum absolute atomic E-state index is 0.00930. The molecule has 1 amide bonds. The molecule has 0 spiro atoms. The average molecular weight is 395 g/mol. The number of fused-ring (bicyclic) bond motifs is 1.